The molecular weight excluding hydrogens is 433 g/mol. The van der Waals surface area contributed by atoms with Crippen LogP contribution in [0.3, 0.4) is 0 Å². The SMILES string of the molecule is C=CCOc1ccccc1CNC(=NC)NCC(=O)OC(C)(C)C.I. The molecule has 0 heterocycles. The molecule has 0 aliphatic carbocycles. The largest absolute Gasteiger partial charge is 0.489 e. The quantitative estimate of drug-likeness (QED) is 0.215. The summed E-state index contributed by atoms with van der Waals surface area (Å²) in [5, 5.41) is 6.08. The molecule has 0 unspecified atom stereocenters. The molecule has 0 aliphatic heterocycles. The fourth-order valence-corrected chi connectivity index (χ4v) is 1.87. The fraction of sp³-hybridized carbons (Fsp3) is 0.444. The highest BCUT2D eigenvalue weighted by Crippen LogP contribution is 2.17. The number of benzene rings is 1. The lowest BCUT2D eigenvalue weighted by molar-refractivity contribution is -0.153. The number of esters is 1. The maximum absolute atomic E-state index is 11.7. The molecule has 0 aliphatic rings. The maximum Gasteiger partial charge on any atom is 0.325 e. The zero-order valence-corrected chi connectivity index (χ0v) is 17.6. The summed E-state index contributed by atoms with van der Waals surface area (Å²) in [6.07, 6.45) is 1.70. The van der Waals surface area contributed by atoms with Gasteiger partial charge in [0.25, 0.3) is 0 Å². The van der Waals surface area contributed by atoms with E-state index in [-0.39, 0.29) is 36.5 Å². The van der Waals surface area contributed by atoms with Crippen LogP contribution < -0.4 is 15.4 Å². The van der Waals surface area contributed by atoms with Crippen molar-refractivity contribution in [2.45, 2.75) is 32.9 Å². The average molecular weight is 461 g/mol. The molecule has 0 spiro atoms. The Balaban J connectivity index is 0.00000576. The molecule has 6 nitrogen and oxygen atoms in total. The van der Waals surface area contributed by atoms with E-state index in [1.165, 1.54) is 0 Å². The Hall–Kier alpha value is -1.77. The van der Waals surface area contributed by atoms with Crippen molar-refractivity contribution in [3.8, 4) is 5.75 Å². The molecule has 1 rings (SSSR count). The zero-order valence-electron chi connectivity index (χ0n) is 15.3. The van der Waals surface area contributed by atoms with Gasteiger partial charge < -0.3 is 20.1 Å². The van der Waals surface area contributed by atoms with Crippen molar-refractivity contribution in [3.63, 3.8) is 0 Å². The second-order valence-corrected chi connectivity index (χ2v) is 6.07. The van der Waals surface area contributed by atoms with Gasteiger partial charge in [-0.1, -0.05) is 30.9 Å². The molecule has 0 radical (unpaired) electrons. The minimum absolute atomic E-state index is 0. The summed E-state index contributed by atoms with van der Waals surface area (Å²) in [6, 6.07) is 7.72. The minimum Gasteiger partial charge on any atom is -0.489 e. The maximum atomic E-state index is 11.7. The van der Waals surface area contributed by atoms with Gasteiger partial charge in [0.15, 0.2) is 5.96 Å². The van der Waals surface area contributed by atoms with Crippen LogP contribution in [0, 0.1) is 0 Å². The number of carbonyl (C=O) groups is 1. The topological polar surface area (TPSA) is 72.0 Å². The average Bonchev–Trinajstić information content (AvgIpc) is 2.52. The van der Waals surface area contributed by atoms with Crippen LogP contribution in [0.15, 0.2) is 41.9 Å². The van der Waals surface area contributed by atoms with E-state index in [0.717, 1.165) is 11.3 Å². The summed E-state index contributed by atoms with van der Waals surface area (Å²) in [4.78, 5) is 15.8. The standard InChI is InChI=1S/C18H27N3O3.HI/c1-6-11-23-15-10-8-7-9-14(15)12-20-17(19-5)21-13-16(22)24-18(2,3)4;/h6-10H,1,11-13H2,2-5H3,(H2,19,20,21);1H. The number of carbonyl (C=O) groups excluding carboxylic acids is 1. The molecule has 140 valence electrons. The number of hydrogen-bond acceptors (Lipinski definition) is 4. The number of hydrogen-bond donors (Lipinski definition) is 2. The van der Waals surface area contributed by atoms with Crippen LogP contribution in [0.4, 0.5) is 0 Å². The van der Waals surface area contributed by atoms with Crippen molar-refractivity contribution < 1.29 is 14.3 Å². The van der Waals surface area contributed by atoms with Crippen LogP contribution in [0.1, 0.15) is 26.3 Å². The third-order valence-electron chi connectivity index (χ3n) is 2.82. The van der Waals surface area contributed by atoms with Gasteiger partial charge in [-0.25, -0.2) is 0 Å². The van der Waals surface area contributed by atoms with Crippen LogP contribution in [-0.2, 0) is 16.1 Å². The first kappa shape index (κ1) is 23.2. The van der Waals surface area contributed by atoms with E-state index < -0.39 is 5.60 Å². The van der Waals surface area contributed by atoms with Crippen LogP contribution in [0.25, 0.3) is 0 Å². The predicted molar refractivity (Wildman–Crippen MR) is 112 cm³/mol. The summed E-state index contributed by atoms with van der Waals surface area (Å²) in [5.41, 5.74) is 0.483. The van der Waals surface area contributed by atoms with Crippen molar-refractivity contribution in [3.05, 3.63) is 42.5 Å². The number of guanidine groups is 1. The van der Waals surface area contributed by atoms with Crippen LogP contribution in [0.5, 0.6) is 5.75 Å². The Morgan fingerprint density at radius 1 is 1.28 bits per heavy atom. The van der Waals surface area contributed by atoms with Crippen molar-refractivity contribution in [1.29, 1.82) is 0 Å². The highest BCUT2D eigenvalue weighted by Gasteiger charge is 2.16. The molecule has 25 heavy (non-hydrogen) atoms. The smallest absolute Gasteiger partial charge is 0.325 e. The Kier molecular flexibility index (Phi) is 10.9. The van der Waals surface area contributed by atoms with Crippen LogP contribution in [-0.4, -0.2) is 37.7 Å². The van der Waals surface area contributed by atoms with Gasteiger partial charge in [-0.3, -0.25) is 9.79 Å². The van der Waals surface area contributed by atoms with Gasteiger partial charge in [0.2, 0.25) is 0 Å². The number of rotatable bonds is 7. The first-order valence-electron chi connectivity index (χ1n) is 7.83. The summed E-state index contributed by atoms with van der Waals surface area (Å²) >= 11 is 0. The Bertz CT molecular complexity index is 583. The zero-order chi connectivity index (χ0) is 18.0. The van der Waals surface area contributed by atoms with Gasteiger partial charge in [0, 0.05) is 19.2 Å². The van der Waals surface area contributed by atoms with Crippen molar-refractivity contribution in [1.82, 2.24) is 10.6 Å². The summed E-state index contributed by atoms with van der Waals surface area (Å²) in [6.45, 7) is 10.1. The van der Waals surface area contributed by atoms with Crippen LogP contribution in [0.2, 0.25) is 0 Å². The molecule has 2 N–H and O–H groups in total. The van der Waals surface area contributed by atoms with Crippen molar-refractivity contribution >= 4 is 35.9 Å². The lowest BCUT2D eigenvalue weighted by Gasteiger charge is -2.20. The van der Waals surface area contributed by atoms with E-state index in [2.05, 4.69) is 22.2 Å². The first-order chi connectivity index (χ1) is 11.4. The van der Waals surface area contributed by atoms with Gasteiger partial charge in [-0.15, -0.1) is 24.0 Å². The monoisotopic (exact) mass is 461 g/mol. The van der Waals surface area contributed by atoms with Crippen molar-refractivity contribution in [2.24, 2.45) is 4.99 Å². The summed E-state index contributed by atoms with van der Waals surface area (Å²) in [7, 11) is 1.64. The molecule has 1 aromatic rings. The summed E-state index contributed by atoms with van der Waals surface area (Å²) < 4.78 is 10.9. The van der Waals surface area contributed by atoms with Gasteiger partial charge in [0.1, 0.15) is 24.5 Å². The predicted octanol–water partition coefficient (Wildman–Crippen LogP) is 2.88. The highest BCUT2D eigenvalue weighted by atomic mass is 127. The van der Waals surface area contributed by atoms with E-state index >= 15 is 0 Å². The lowest BCUT2D eigenvalue weighted by atomic mass is 10.2. The number of nitrogens with zero attached hydrogens (tertiary/aromatic N) is 1. The molecule has 0 saturated heterocycles. The highest BCUT2D eigenvalue weighted by molar-refractivity contribution is 14.0. The number of para-hydroxylation sites is 1. The number of ether oxygens (including phenoxy) is 2. The number of nitrogens with one attached hydrogen (secondary N) is 2. The molecule has 7 heteroatoms. The van der Waals surface area contributed by atoms with Gasteiger partial charge in [-0.2, -0.15) is 0 Å². The van der Waals surface area contributed by atoms with E-state index in [0.29, 0.717) is 19.1 Å². The second kappa shape index (κ2) is 11.7. The molecular formula is C18H28IN3O3. The fourth-order valence-electron chi connectivity index (χ4n) is 1.87. The molecule has 0 bridgehead atoms. The Labute approximate surface area is 167 Å². The third kappa shape index (κ3) is 9.96. The van der Waals surface area contributed by atoms with Gasteiger partial charge >= 0.3 is 5.97 Å². The number of aliphatic imine (C=N–C) groups is 1. The number of halogens is 1. The van der Waals surface area contributed by atoms with Crippen molar-refractivity contribution in [2.75, 3.05) is 20.2 Å². The lowest BCUT2D eigenvalue weighted by Crippen LogP contribution is -2.41. The van der Waals surface area contributed by atoms with E-state index in [1.54, 1.807) is 13.1 Å². The second-order valence-electron chi connectivity index (χ2n) is 6.07. The minimum atomic E-state index is -0.503. The third-order valence-corrected chi connectivity index (χ3v) is 2.82. The van der Waals surface area contributed by atoms with Crippen LogP contribution >= 0.6 is 24.0 Å². The molecule has 0 saturated carbocycles. The molecule has 0 aromatic heterocycles. The molecule has 0 fully saturated rings. The van der Waals surface area contributed by atoms with Gasteiger partial charge in [0.05, 0.1) is 0 Å². The molecule has 0 atom stereocenters. The first-order valence-corrected chi connectivity index (χ1v) is 7.83. The molecule has 0 amide bonds. The normalized spacial score (nSPS) is 11.1. The molecule has 1 aromatic carbocycles. The Morgan fingerprint density at radius 2 is 1.96 bits per heavy atom. The van der Waals surface area contributed by atoms with E-state index in [4.69, 9.17) is 9.47 Å². The van der Waals surface area contributed by atoms with E-state index in [9.17, 15) is 4.79 Å². The Morgan fingerprint density at radius 3 is 2.56 bits per heavy atom. The van der Waals surface area contributed by atoms with E-state index in [1.807, 2.05) is 45.0 Å². The summed E-state index contributed by atoms with van der Waals surface area (Å²) in [5.74, 6) is 0.965. The van der Waals surface area contributed by atoms with Gasteiger partial charge in [-0.05, 0) is 26.8 Å².